The van der Waals surface area contributed by atoms with Crippen molar-refractivity contribution in [2.75, 3.05) is 7.11 Å². The van der Waals surface area contributed by atoms with Gasteiger partial charge in [-0.3, -0.25) is 9.40 Å². The van der Waals surface area contributed by atoms with Gasteiger partial charge in [0, 0.05) is 16.1 Å². The number of hydroxylamine groups is 1. The fourth-order valence-corrected chi connectivity index (χ4v) is 1.76. The zero-order valence-electron chi connectivity index (χ0n) is 8.03. The van der Waals surface area contributed by atoms with Gasteiger partial charge in [-0.15, -0.1) is 0 Å². The van der Waals surface area contributed by atoms with Gasteiger partial charge in [0.15, 0.2) is 0 Å². The number of carbonyl (C=O) groups excluding carboxylic acids is 1. The topological polar surface area (TPSA) is 43.3 Å². The Morgan fingerprint density at radius 2 is 2.27 bits per heavy atom. The van der Waals surface area contributed by atoms with Gasteiger partial charge in [-0.1, -0.05) is 22.0 Å². The summed E-state index contributed by atoms with van der Waals surface area (Å²) in [5, 5.41) is 1.00. The third kappa shape index (κ3) is 1.88. The molecule has 0 saturated carbocycles. The molecule has 1 amide bonds. The van der Waals surface area contributed by atoms with Crippen molar-refractivity contribution < 1.29 is 9.63 Å². The number of carbonyl (C=O) groups is 1. The lowest BCUT2D eigenvalue weighted by Gasteiger charge is -2.04. The van der Waals surface area contributed by atoms with E-state index in [2.05, 4.69) is 26.2 Å². The second-order valence-electron chi connectivity index (χ2n) is 3.00. The minimum atomic E-state index is -0.314. The lowest BCUT2D eigenvalue weighted by atomic mass is 10.2. The molecule has 4 nitrogen and oxygen atoms in total. The molecule has 0 aliphatic carbocycles. The molecule has 0 radical (unpaired) electrons. The van der Waals surface area contributed by atoms with Gasteiger partial charge in [0.25, 0.3) is 0 Å². The van der Waals surface area contributed by atoms with Crippen LogP contribution in [0.5, 0.6) is 0 Å². The van der Waals surface area contributed by atoms with Crippen molar-refractivity contribution in [1.82, 2.24) is 10.0 Å². The van der Waals surface area contributed by atoms with E-state index < -0.39 is 0 Å². The van der Waals surface area contributed by atoms with E-state index in [9.17, 15) is 4.79 Å². The number of rotatable bonds is 1. The predicted molar refractivity (Wildman–Crippen MR) is 60.6 cm³/mol. The Morgan fingerprint density at radius 3 is 3.00 bits per heavy atom. The summed E-state index contributed by atoms with van der Waals surface area (Å²) in [7, 11) is 1.40. The minimum absolute atomic E-state index is 0.314. The van der Waals surface area contributed by atoms with Crippen LogP contribution in [0.3, 0.4) is 0 Å². The first kappa shape index (κ1) is 10.2. The third-order valence-electron chi connectivity index (χ3n) is 2.06. The maximum atomic E-state index is 11.5. The fourth-order valence-electron chi connectivity index (χ4n) is 1.42. The van der Waals surface area contributed by atoms with Crippen molar-refractivity contribution in [2.24, 2.45) is 0 Å². The molecule has 1 aromatic heterocycles. The van der Waals surface area contributed by atoms with Crippen LogP contribution in [0.4, 0.5) is 4.79 Å². The van der Waals surface area contributed by atoms with E-state index in [1.54, 1.807) is 6.20 Å². The molecule has 0 saturated heterocycles. The van der Waals surface area contributed by atoms with Crippen molar-refractivity contribution >= 4 is 32.9 Å². The third-order valence-corrected chi connectivity index (χ3v) is 2.56. The van der Waals surface area contributed by atoms with Crippen LogP contribution in [-0.2, 0) is 4.84 Å². The van der Waals surface area contributed by atoms with Crippen LogP contribution in [0.1, 0.15) is 0 Å². The molecule has 1 heterocycles. The predicted octanol–water partition coefficient (Wildman–Crippen LogP) is 2.52. The SMILES string of the molecule is CONC(=O)n1ccc2ccc(Br)cc21. The van der Waals surface area contributed by atoms with Gasteiger partial charge >= 0.3 is 6.03 Å². The molecule has 0 fully saturated rings. The molecule has 2 rings (SSSR count). The first-order valence-corrected chi connectivity index (χ1v) is 5.11. The van der Waals surface area contributed by atoms with Crippen LogP contribution in [0.15, 0.2) is 34.9 Å². The number of fused-ring (bicyclic) bond motifs is 1. The molecule has 0 spiro atoms. The van der Waals surface area contributed by atoms with E-state index in [1.807, 2.05) is 24.3 Å². The first-order valence-electron chi connectivity index (χ1n) is 4.32. The second kappa shape index (κ2) is 4.04. The molecule has 0 bridgehead atoms. The molecule has 5 heteroatoms. The van der Waals surface area contributed by atoms with E-state index in [0.29, 0.717) is 0 Å². The highest BCUT2D eigenvalue weighted by atomic mass is 79.9. The summed E-state index contributed by atoms with van der Waals surface area (Å²) in [6, 6.07) is 7.31. The summed E-state index contributed by atoms with van der Waals surface area (Å²) in [4.78, 5) is 16.1. The van der Waals surface area contributed by atoms with Gasteiger partial charge in [0.1, 0.15) is 0 Å². The Balaban J connectivity index is 2.52. The van der Waals surface area contributed by atoms with Gasteiger partial charge in [-0.05, 0) is 18.2 Å². The largest absolute Gasteiger partial charge is 0.349 e. The number of nitrogens with zero attached hydrogens (tertiary/aromatic N) is 1. The molecular weight excluding hydrogens is 260 g/mol. The van der Waals surface area contributed by atoms with Gasteiger partial charge in [-0.2, -0.15) is 0 Å². The van der Waals surface area contributed by atoms with E-state index >= 15 is 0 Å². The van der Waals surface area contributed by atoms with Crippen molar-refractivity contribution in [2.45, 2.75) is 0 Å². The summed E-state index contributed by atoms with van der Waals surface area (Å²) < 4.78 is 2.42. The Kier molecular flexibility index (Phi) is 2.75. The second-order valence-corrected chi connectivity index (χ2v) is 3.92. The lowest BCUT2D eigenvalue weighted by molar-refractivity contribution is 0.109. The van der Waals surface area contributed by atoms with Crippen LogP contribution < -0.4 is 5.48 Å². The zero-order chi connectivity index (χ0) is 10.8. The number of aromatic nitrogens is 1. The number of hydrogen-bond acceptors (Lipinski definition) is 2. The van der Waals surface area contributed by atoms with Crippen molar-refractivity contribution in [3.8, 4) is 0 Å². The molecular formula is C10H9BrN2O2. The molecule has 0 atom stereocenters. The number of benzene rings is 1. The van der Waals surface area contributed by atoms with Gasteiger partial charge < -0.3 is 0 Å². The van der Waals surface area contributed by atoms with E-state index in [0.717, 1.165) is 15.4 Å². The van der Waals surface area contributed by atoms with Crippen LogP contribution in [0.2, 0.25) is 0 Å². The first-order chi connectivity index (χ1) is 7.22. The molecule has 78 valence electrons. The Labute approximate surface area is 94.9 Å². The van der Waals surface area contributed by atoms with Crippen LogP contribution in [0.25, 0.3) is 10.9 Å². The number of nitrogens with one attached hydrogen (secondary N) is 1. The van der Waals surface area contributed by atoms with Crippen molar-refractivity contribution in [3.63, 3.8) is 0 Å². The molecule has 2 aromatic rings. The summed E-state index contributed by atoms with van der Waals surface area (Å²) in [5.41, 5.74) is 3.10. The molecule has 15 heavy (non-hydrogen) atoms. The van der Waals surface area contributed by atoms with Crippen molar-refractivity contribution in [3.05, 3.63) is 34.9 Å². The monoisotopic (exact) mass is 268 g/mol. The normalized spacial score (nSPS) is 10.5. The number of amides is 1. The van der Waals surface area contributed by atoms with E-state index in [-0.39, 0.29) is 6.03 Å². The zero-order valence-corrected chi connectivity index (χ0v) is 9.61. The van der Waals surface area contributed by atoms with E-state index in [1.165, 1.54) is 11.7 Å². The van der Waals surface area contributed by atoms with E-state index in [4.69, 9.17) is 0 Å². The Hall–Kier alpha value is -1.33. The molecule has 1 N–H and O–H groups in total. The van der Waals surface area contributed by atoms with Crippen molar-refractivity contribution in [1.29, 1.82) is 0 Å². The van der Waals surface area contributed by atoms with Crippen LogP contribution in [-0.4, -0.2) is 17.7 Å². The Morgan fingerprint density at radius 1 is 1.47 bits per heavy atom. The van der Waals surface area contributed by atoms with Crippen LogP contribution in [0, 0.1) is 0 Å². The highest BCUT2D eigenvalue weighted by molar-refractivity contribution is 9.10. The van der Waals surface area contributed by atoms with Gasteiger partial charge in [-0.25, -0.2) is 10.3 Å². The molecule has 0 aliphatic rings. The highest BCUT2D eigenvalue weighted by Crippen LogP contribution is 2.20. The number of halogens is 1. The Bertz CT molecular complexity index is 507. The summed E-state index contributed by atoms with van der Waals surface area (Å²) >= 11 is 3.36. The van der Waals surface area contributed by atoms with Crippen LogP contribution >= 0.6 is 15.9 Å². The molecule has 0 aliphatic heterocycles. The lowest BCUT2D eigenvalue weighted by Crippen LogP contribution is -2.26. The molecule has 0 unspecified atom stereocenters. The average Bonchev–Trinajstić information content (AvgIpc) is 2.60. The maximum absolute atomic E-state index is 11.5. The minimum Gasteiger partial charge on any atom is -0.275 e. The summed E-state index contributed by atoms with van der Waals surface area (Å²) in [6.45, 7) is 0. The maximum Gasteiger partial charge on any atom is 0.349 e. The van der Waals surface area contributed by atoms with Gasteiger partial charge in [0.05, 0.1) is 12.6 Å². The summed E-state index contributed by atoms with van der Waals surface area (Å²) in [5.74, 6) is 0. The quantitative estimate of drug-likeness (QED) is 0.808. The molecule has 1 aromatic carbocycles. The average molecular weight is 269 g/mol. The smallest absolute Gasteiger partial charge is 0.275 e. The fraction of sp³-hybridized carbons (Fsp3) is 0.100. The van der Waals surface area contributed by atoms with Gasteiger partial charge in [0.2, 0.25) is 0 Å². The summed E-state index contributed by atoms with van der Waals surface area (Å²) in [6.07, 6.45) is 1.70. The number of hydrogen-bond donors (Lipinski definition) is 1. The highest BCUT2D eigenvalue weighted by Gasteiger charge is 2.07. The standard InChI is InChI=1S/C10H9BrN2O2/c1-15-12-10(14)13-5-4-7-2-3-8(11)6-9(7)13/h2-6H,1H3,(H,12,14).